The van der Waals surface area contributed by atoms with Crippen molar-refractivity contribution in [2.45, 2.75) is 40.5 Å². The van der Waals surface area contributed by atoms with E-state index in [-0.39, 0.29) is 5.78 Å². The number of Topliss-reactive ketones (excluding diaryl/α,β-unsaturated/α-hetero) is 1. The highest BCUT2D eigenvalue weighted by molar-refractivity contribution is 6.30. The fourth-order valence-corrected chi connectivity index (χ4v) is 3.64. The Bertz CT molecular complexity index is 1200. The topological polar surface area (TPSA) is 60.7 Å². The van der Waals surface area contributed by atoms with E-state index < -0.39 is 0 Å². The number of aromatic nitrogens is 4. The number of carbonyl (C=O) groups is 1. The summed E-state index contributed by atoms with van der Waals surface area (Å²) in [4.78, 5) is 25.4. The number of hydrogen-bond donors (Lipinski definition) is 0. The summed E-state index contributed by atoms with van der Waals surface area (Å²) in [7, 11) is 1.97. The van der Waals surface area contributed by atoms with E-state index in [0.717, 1.165) is 44.9 Å². The predicted molar refractivity (Wildman–Crippen MR) is 120 cm³/mol. The van der Waals surface area contributed by atoms with Crippen LogP contribution < -0.4 is 0 Å². The first-order valence-corrected chi connectivity index (χ1v) is 10.3. The molecule has 0 saturated heterocycles. The number of carbonyl (C=O) groups excluding carboxylic acids is 1. The van der Waals surface area contributed by atoms with Gasteiger partial charge in [0.15, 0.2) is 5.78 Å². The molecule has 0 unspecified atom stereocenters. The summed E-state index contributed by atoms with van der Waals surface area (Å²) >= 11 is 6.09. The highest BCUT2D eigenvalue weighted by Gasteiger charge is 2.16. The Hall–Kier alpha value is -2.79. The van der Waals surface area contributed by atoms with Gasteiger partial charge in [-0.25, -0.2) is 9.97 Å². The first-order chi connectivity index (χ1) is 14.0. The molecule has 6 heteroatoms. The van der Waals surface area contributed by atoms with Gasteiger partial charge in [0.25, 0.3) is 0 Å². The van der Waals surface area contributed by atoms with Crippen molar-refractivity contribution in [3.8, 4) is 11.1 Å². The van der Waals surface area contributed by atoms with E-state index in [2.05, 4.69) is 21.0 Å². The molecule has 0 N–H and O–H groups in total. The van der Waals surface area contributed by atoms with Crippen LogP contribution >= 0.6 is 11.6 Å². The molecule has 0 aliphatic carbocycles. The van der Waals surface area contributed by atoms with Crippen LogP contribution in [0.25, 0.3) is 32.9 Å². The van der Waals surface area contributed by atoms with Crippen LogP contribution in [0.2, 0.25) is 5.15 Å². The van der Waals surface area contributed by atoms with Crippen molar-refractivity contribution >= 4 is 39.2 Å². The van der Waals surface area contributed by atoms with Crippen LogP contribution in [-0.4, -0.2) is 25.3 Å². The lowest BCUT2D eigenvalue weighted by Gasteiger charge is -2.12. The second kappa shape index (κ2) is 8.70. The van der Waals surface area contributed by atoms with Crippen LogP contribution in [0.4, 0.5) is 0 Å². The predicted octanol–water partition coefficient (Wildman–Crippen LogP) is 6.15. The number of ketones is 1. The molecule has 4 rings (SSSR count). The number of imidazole rings is 1. The molecule has 3 heterocycles. The molecular weight excluding hydrogens is 384 g/mol. The van der Waals surface area contributed by atoms with Crippen molar-refractivity contribution in [1.82, 2.24) is 19.5 Å². The van der Waals surface area contributed by atoms with Crippen LogP contribution in [0.3, 0.4) is 0 Å². The van der Waals surface area contributed by atoms with E-state index in [1.165, 1.54) is 0 Å². The molecule has 0 aliphatic rings. The number of hydrogen-bond acceptors (Lipinski definition) is 4. The molecule has 0 bridgehead atoms. The summed E-state index contributed by atoms with van der Waals surface area (Å²) in [6.45, 7) is 8.00. The molecule has 0 saturated carbocycles. The van der Waals surface area contributed by atoms with Crippen LogP contribution in [0.1, 0.15) is 49.7 Å². The molecule has 5 nitrogen and oxygen atoms in total. The summed E-state index contributed by atoms with van der Waals surface area (Å²) in [6, 6.07) is 5.80. The number of nitrogens with zero attached hydrogens (tertiary/aromatic N) is 4. The van der Waals surface area contributed by atoms with Crippen molar-refractivity contribution in [3.63, 3.8) is 0 Å². The third kappa shape index (κ3) is 3.87. The quantitative estimate of drug-likeness (QED) is 0.300. The molecule has 3 aromatic heterocycles. The average Bonchev–Trinajstić information content (AvgIpc) is 3.11. The van der Waals surface area contributed by atoms with Crippen molar-refractivity contribution < 1.29 is 4.79 Å². The Balaban J connectivity index is 0.00000117. The molecule has 1 aromatic carbocycles. The summed E-state index contributed by atoms with van der Waals surface area (Å²) in [5, 5.41) is 2.37. The maximum atomic E-state index is 12.2. The highest BCUT2D eigenvalue weighted by Crippen LogP contribution is 2.35. The summed E-state index contributed by atoms with van der Waals surface area (Å²) in [5.41, 5.74) is 5.40. The average molecular weight is 409 g/mol. The number of rotatable bonds is 4. The minimum absolute atomic E-state index is 0.0789. The molecule has 0 radical (unpaired) electrons. The van der Waals surface area contributed by atoms with Crippen molar-refractivity contribution in [2.24, 2.45) is 7.05 Å². The van der Waals surface area contributed by atoms with Gasteiger partial charge in [-0.05, 0) is 37.1 Å². The van der Waals surface area contributed by atoms with Crippen LogP contribution in [0.5, 0.6) is 0 Å². The van der Waals surface area contributed by atoms with Crippen molar-refractivity contribution in [1.29, 1.82) is 0 Å². The first kappa shape index (κ1) is 20.9. The van der Waals surface area contributed by atoms with Crippen molar-refractivity contribution in [3.05, 3.63) is 53.3 Å². The lowest BCUT2D eigenvalue weighted by Crippen LogP contribution is -2.03. The number of halogens is 1. The zero-order valence-electron chi connectivity index (χ0n) is 17.5. The summed E-state index contributed by atoms with van der Waals surface area (Å²) < 4.78 is 1.99. The monoisotopic (exact) mass is 408 g/mol. The number of fused-ring (bicyclic) bond motifs is 3. The maximum absolute atomic E-state index is 12.2. The molecule has 0 amide bonds. The van der Waals surface area contributed by atoms with Crippen LogP contribution in [0, 0.1) is 6.92 Å². The van der Waals surface area contributed by atoms with Crippen LogP contribution in [-0.2, 0) is 7.05 Å². The Morgan fingerprint density at radius 1 is 1.07 bits per heavy atom. The normalized spacial score (nSPS) is 10.8. The van der Waals surface area contributed by atoms with Gasteiger partial charge in [0.2, 0.25) is 0 Å². The number of aryl methyl sites for hydroxylation is 2. The fourth-order valence-electron chi connectivity index (χ4n) is 3.48. The Morgan fingerprint density at radius 3 is 2.52 bits per heavy atom. The lowest BCUT2D eigenvalue weighted by molar-refractivity contribution is 0.0977. The molecular formula is C23H25ClN4O. The number of benzene rings is 1. The molecule has 4 aromatic rings. The molecule has 0 spiro atoms. The Labute approximate surface area is 175 Å². The highest BCUT2D eigenvalue weighted by atomic mass is 35.5. The fraction of sp³-hybridized carbons (Fsp3) is 0.304. The molecule has 0 atom stereocenters. The number of pyridine rings is 2. The van der Waals surface area contributed by atoms with Gasteiger partial charge in [0.1, 0.15) is 10.8 Å². The zero-order chi connectivity index (χ0) is 21.1. The Kier molecular flexibility index (Phi) is 6.28. The van der Waals surface area contributed by atoms with E-state index >= 15 is 0 Å². The van der Waals surface area contributed by atoms with E-state index in [0.29, 0.717) is 17.3 Å². The minimum atomic E-state index is 0.0789. The van der Waals surface area contributed by atoms with E-state index in [9.17, 15) is 4.79 Å². The largest absolute Gasteiger partial charge is 0.333 e. The van der Waals surface area contributed by atoms with Crippen molar-refractivity contribution in [2.75, 3.05) is 0 Å². The van der Waals surface area contributed by atoms with E-state index in [4.69, 9.17) is 11.6 Å². The molecule has 29 heavy (non-hydrogen) atoms. The third-order valence-corrected chi connectivity index (χ3v) is 5.02. The first-order valence-electron chi connectivity index (χ1n) is 9.89. The molecule has 0 fully saturated rings. The van der Waals surface area contributed by atoms with Gasteiger partial charge in [-0.15, -0.1) is 0 Å². The van der Waals surface area contributed by atoms with E-state index in [1.807, 2.05) is 51.4 Å². The van der Waals surface area contributed by atoms with Crippen LogP contribution in [0.15, 0.2) is 36.9 Å². The van der Waals surface area contributed by atoms with Gasteiger partial charge in [0.05, 0.1) is 17.4 Å². The second-order valence-electron chi connectivity index (χ2n) is 6.76. The standard InChI is InChI=1S/C21H19ClN4O.C2H6/c1-4-5-18(27)17-6-12(2)16(10-23-17)15-7-13-9-24-19(22)8-14(13)20-21(15)26(3)11-25-20;1-2/h6-11H,4-5H2,1-3H3;1-2H3. The summed E-state index contributed by atoms with van der Waals surface area (Å²) in [6.07, 6.45) is 6.67. The van der Waals surface area contributed by atoms with E-state index in [1.54, 1.807) is 18.7 Å². The SMILES string of the molecule is CC.CCCC(=O)c1cc(C)c(-c2cc3cnc(Cl)cc3c3ncn(C)c23)cn1. The summed E-state index contributed by atoms with van der Waals surface area (Å²) in [5.74, 6) is 0.0789. The van der Waals surface area contributed by atoms with Gasteiger partial charge in [-0.3, -0.25) is 9.78 Å². The van der Waals surface area contributed by atoms with Gasteiger partial charge >= 0.3 is 0 Å². The van der Waals surface area contributed by atoms with Gasteiger partial charge < -0.3 is 4.57 Å². The minimum Gasteiger partial charge on any atom is -0.333 e. The third-order valence-electron chi connectivity index (χ3n) is 4.81. The second-order valence-corrected chi connectivity index (χ2v) is 7.15. The Morgan fingerprint density at radius 2 is 1.83 bits per heavy atom. The van der Waals surface area contributed by atoms with Gasteiger partial charge in [-0.1, -0.05) is 32.4 Å². The van der Waals surface area contributed by atoms with Gasteiger partial charge in [0, 0.05) is 47.8 Å². The zero-order valence-corrected chi connectivity index (χ0v) is 18.2. The van der Waals surface area contributed by atoms with Gasteiger partial charge in [-0.2, -0.15) is 0 Å². The maximum Gasteiger partial charge on any atom is 0.181 e. The molecule has 150 valence electrons. The lowest BCUT2D eigenvalue weighted by atomic mass is 9.97. The molecule has 0 aliphatic heterocycles. The smallest absolute Gasteiger partial charge is 0.181 e.